The zero-order chi connectivity index (χ0) is 14.2. The number of nitrogens with zero attached hydrogens (tertiary/aromatic N) is 4. The van der Waals surface area contributed by atoms with Crippen molar-refractivity contribution in [2.75, 3.05) is 51.9 Å². The van der Waals surface area contributed by atoms with Gasteiger partial charge in [-0.05, 0) is 20.5 Å². The number of rotatable bonds is 3. The average molecular weight is 283 g/mol. The van der Waals surface area contributed by atoms with Gasteiger partial charge in [-0.3, -0.25) is 4.79 Å². The summed E-state index contributed by atoms with van der Waals surface area (Å²) >= 11 is 1.36. The summed E-state index contributed by atoms with van der Waals surface area (Å²) in [5.74, 6) is 0.347. The summed E-state index contributed by atoms with van der Waals surface area (Å²) in [5.41, 5.74) is 5.86. The molecule has 0 bridgehead atoms. The maximum absolute atomic E-state index is 12.5. The Morgan fingerprint density at radius 3 is 2.58 bits per heavy atom. The summed E-state index contributed by atoms with van der Waals surface area (Å²) in [6.07, 6.45) is 1.01. The molecule has 0 spiro atoms. The molecule has 2 N–H and O–H groups in total. The third-order valence-corrected chi connectivity index (χ3v) is 4.63. The van der Waals surface area contributed by atoms with Gasteiger partial charge in [0.15, 0.2) is 5.13 Å². The SMILES string of the molecule is CN(C)c1nc(N)c(C(=O)N2CCC(N(C)C)C2)s1. The minimum absolute atomic E-state index is 0.00690. The van der Waals surface area contributed by atoms with E-state index in [9.17, 15) is 4.79 Å². The van der Waals surface area contributed by atoms with Crippen molar-refractivity contribution in [1.82, 2.24) is 14.8 Å². The van der Waals surface area contributed by atoms with E-state index in [1.165, 1.54) is 11.3 Å². The van der Waals surface area contributed by atoms with Gasteiger partial charge in [-0.25, -0.2) is 4.98 Å². The van der Waals surface area contributed by atoms with Crippen molar-refractivity contribution < 1.29 is 4.79 Å². The molecule has 7 heteroatoms. The van der Waals surface area contributed by atoms with Crippen LogP contribution >= 0.6 is 11.3 Å². The summed E-state index contributed by atoms with van der Waals surface area (Å²) in [4.78, 5) is 23.1. The number of anilines is 2. The normalized spacial score (nSPS) is 19.2. The van der Waals surface area contributed by atoms with Crippen molar-refractivity contribution in [2.45, 2.75) is 12.5 Å². The minimum Gasteiger partial charge on any atom is -0.382 e. The van der Waals surface area contributed by atoms with Gasteiger partial charge in [0.05, 0.1) is 0 Å². The molecule has 106 valence electrons. The fraction of sp³-hybridized carbons (Fsp3) is 0.667. The number of amides is 1. The van der Waals surface area contributed by atoms with Crippen molar-refractivity contribution in [3.63, 3.8) is 0 Å². The van der Waals surface area contributed by atoms with E-state index in [0.717, 1.165) is 24.6 Å². The number of likely N-dealkylation sites (N-methyl/N-ethyl adjacent to an activating group) is 1. The minimum atomic E-state index is 0.00690. The van der Waals surface area contributed by atoms with E-state index in [4.69, 9.17) is 5.73 Å². The van der Waals surface area contributed by atoms with Gasteiger partial charge in [0, 0.05) is 33.2 Å². The highest BCUT2D eigenvalue weighted by Gasteiger charge is 2.30. The number of nitrogens with two attached hydrogens (primary N) is 1. The quantitative estimate of drug-likeness (QED) is 0.878. The lowest BCUT2D eigenvalue weighted by Gasteiger charge is -2.20. The molecule has 1 saturated heterocycles. The van der Waals surface area contributed by atoms with E-state index >= 15 is 0 Å². The van der Waals surface area contributed by atoms with E-state index in [1.54, 1.807) is 0 Å². The highest BCUT2D eigenvalue weighted by molar-refractivity contribution is 7.18. The number of nitrogen functional groups attached to an aromatic ring is 1. The predicted octanol–water partition coefficient (Wildman–Crippen LogP) is 0.567. The Hall–Kier alpha value is -1.34. The second kappa shape index (κ2) is 5.34. The first-order valence-electron chi connectivity index (χ1n) is 6.29. The molecule has 6 nitrogen and oxygen atoms in total. The lowest BCUT2D eigenvalue weighted by Crippen LogP contribution is -2.34. The number of carbonyl (C=O) groups is 1. The first-order chi connectivity index (χ1) is 8.90. The van der Waals surface area contributed by atoms with E-state index in [2.05, 4.69) is 9.88 Å². The van der Waals surface area contributed by atoms with Crippen LogP contribution in [-0.2, 0) is 0 Å². The van der Waals surface area contributed by atoms with Gasteiger partial charge in [0.25, 0.3) is 5.91 Å². The van der Waals surface area contributed by atoms with Crippen LogP contribution in [0.2, 0.25) is 0 Å². The maximum atomic E-state index is 12.5. The Labute approximate surface area is 117 Å². The first-order valence-corrected chi connectivity index (χ1v) is 7.11. The fourth-order valence-corrected chi connectivity index (χ4v) is 3.03. The second-order valence-electron chi connectivity index (χ2n) is 5.26. The Bertz CT molecular complexity index is 471. The number of carbonyl (C=O) groups excluding carboxylic acids is 1. The van der Waals surface area contributed by atoms with Crippen molar-refractivity contribution in [2.24, 2.45) is 0 Å². The molecule has 0 aliphatic carbocycles. The van der Waals surface area contributed by atoms with Crippen LogP contribution in [0, 0.1) is 0 Å². The average Bonchev–Trinajstić information content (AvgIpc) is 2.94. The largest absolute Gasteiger partial charge is 0.382 e. The molecule has 1 aromatic rings. The van der Waals surface area contributed by atoms with Gasteiger partial charge in [0.1, 0.15) is 10.7 Å². The van der Waals surface area contributed by atoms with Crippen molar-refractivity contribution in [3.05, 3.63) is 4.88 Å². The number of hydrogen-bond acceptors (Lipinski definition) is 6. The molecular formula is C12H21N5OS. The van der Waals surface area contributed by atoms with Gasteiger partial charge in [-0.1, -0.05) is 11.3 Å². The molecule has 1 fully saturated rings. The summed E-state index contributed by atoms with van der Waals surface area (Å²) in [7, 11) is 7.88. The van der Waals surface area contributed by atoms with Gasteiger partial charge in [0.2, 0.25) is 0 Å². The van der Waals surface area contributed by atoms with Gasteiger partial charge >= 0.3 is 0 Å². The Morgan fingerprint density at radius 2 is 2.11 bits per heavy atom. The van der Waals surface area contributed by atoms with Crippen molar-refractivity contribution >= 4 is 28.2 Å². The summed E-state index contributed by atoms with van der Waals surface area (Å²) < 4.78 is 0. The second-order valence-corrected chi connectivity index (χ2v) is 6.24. The molecule has 0 aromatic carbocycles. The smallest absolute Gasteiger partial charge is 0.267 e. The fourth-order valence-electron chi connectivity index (χ4n) is 2.16. The molecule has 1 aromatic heterocycles. The topological polar surface area (TPSA) is 65.7 Å². The summed E-state index contributed by atoms with van der Waals surface area (Å²) in [5, 5.41) is 0.768. The number of likely N-dealkylation sites (tertiary alicyclic amines) is 1. The highest BCUT2D eigenvalue weighted by Crippen LogP contribution is 2.29. The number of thiazole rings is 1. The monoisotopic (exact) mass is 283 g/mol. The van der Waals surface area contributed by atoms with Crippen LogP contribution < -0.4 is 10.6 Å². The lowest BCUT2D eigenvalue weighted by molar-refractivity contribution is 0.0788. The van der Waals surface area contributed by atoms with Crippen LogP contribution in [0.5, 0.6) is 0 Å². The van der Waals surface area contributed by atoms with Crippen LogP contribution in [-0.4, -0.2) is 68.0 Å². The van der Waals surface area contributed by atoms with E-state index in [-0.39, 0.29) is 5.91 Å². The predicted molar refractivity (Wildman–Crippen MR) is 78.8 cm³/mol. The lowest BCUT2D eigenvalue weighted by atomic mass is 10.2. The zero-order valence-electron chi connectivity index (χ0n) is 11.9. The maximum Gasteiger partial charge on any atom is 0.267 e. The van der Waals surface area contributed by atoms with Gasteiger partial charge in [-0.2, -0.15) is 0 Å². The van der Waals surface area contributed by atoms with Crippen molar-refractivity contribution in [3.8, 4) is 0 Å². The van der Waals surface area contributed by atoms with E-state index < -0.39 is 0 Å². The van der Waals surface area contributed by atoms with E-state index in [0.29, 0.717) is 16.7 Å². The highest BCUT2D eigenvalue weighted by atomic mass is 32.1. The molecule has 19 heavy (non-hydrogen) atoms. The summed E-state index contributed by atoms with van der Waals surface area (Å²) in [6, 6.07) is 0.436. The number of hydrogen-bond donors (Lipinski definition) is 1. The molecule has 1 atom stereocenters. The first kappa shape index (κ1) is 14.1. The van der Waals surface area contributed by atoms with Gasteiger partial charge < -0.3 is 20.4 Å². The third kappa shape index (κ3) is 2.82. The molecule has 1 unspecified atom stereocenters. The van der Waals surface area contributed by atoms with Crippen LogP contribution in [0.3, 0.4) is 0 Å². The molecule has 2 heterocycles. The molecule has 1 aliphatic heterocycles. The molecule has 0 radical (unpaired) electrons. The Balaban J connectivity index is 2.12. The summed E-state index contributed by atoms with van der Waals surface area (Å²) in [6.45, 7) is 1.55. The van der Waals surface area contributed by atoms with E-state index in [1.807, 2.05) is 38.0 Å². The van der Waals surface area contributed by atoms with Crippen LogP contribution in [0.15, 0.2) is 0 Å². The standard InChI is InChI=1S/C12H21N5OS/c1-15(2)8-5-6-17(7-8)11(18)9-10(13)14-12(19-9)16(3)4/h8H,5-7,13H2,1-4H3. The van der Waals surface area contributed by atoms with Crippen LogP contribution in [0.1, 0.15) is 16.1 Å². The van der Waals surface area contributed by atoms with Crippen molar-refractivity contribution in [1.29, 1.82) is 0 Å². The Kier molecular flexibility index (Phi) is 3.96. The van der Waals surface area contributed by atoms with Gasteiger partial charge in [-0.15, -0.1) is 0 Å². The number of aromatic nitrogens is 1. The molecule has 1 aliphatic rings. The molecule has 2 rings (SSSR count). The third-order valence-electron chi connectivity index (χ3n) is 3.40. The Morgan fingerprint density at radius 1 is 1.42 bits per heavy atom. The molecule has 1 amide bonds. The molecular weight excluding hydrogens is 262 g/mol. The van der Waals surface area contributed by atoms with Crippen LogP contribution in [0.4, 0.5) is 10.9 Å². The van der Waals surface area contributed by atoms with Crippen LogP contribution in [0.25, 0.3) is 0 Å². The zero-order valence-corrected chi connectivity index (χ0v) is 12.7. The molecule has 0 saturated carbocycles.